The van der Waals surface area contributed by atoms with E-state index in [0.717, 1.165) is 6.26 Å². The van der Waals surface area contributed by atoms with Crippen LogP contribution in [0.25, 0.3) is 0 Å². The summed E-state index contributed by atoms with van der Waals surface area (Å²) in [6.07, 6.45) is 1.08. The standard InChI is InChI=1S/C15H16N2O4S/c1-11(18)16-12-7-9-13(10-8-12)21-15-6-4-3-5-14(15)17-22(2,19)20/h3-10,17H,1-2H3,(H,16,18). The van der Waals surface area contributed by atoms with Crippen LogP contribution in [0.4, 0.5) is 11.4 Å². The highest BCUT2D eigenvalue weighted by Crippen LogP contribution is 2.30. The maximum atomic E-state index is 11.3. The summed E-state index contributed by atoms with van der Waals surface area (Å²) in [5, 5.41) is 2.65. The molecular formula is C15H16N2O4S. The van der Waals surface area contributed by atoms with E-state index in [0.29, 0.717) is 22.9 Å². The van der Waals surface area contributed by atoms with Gasteiger partial charge in [-0.1, -0.05) is 12.1 Å². The molecule has 0 fully saturated rings. The molecule has 2 N–H and O–H groups in total. The Balaban J connectivity index is 2.18. The van der Waals surface area contributed by atoms with E-state index in [1.807, 2.05) is 0 Å². The fourth-order valence-corrected chi connectivity index (χ4v) is 2.34. The van der Waals surface area contributed by atoms with Crippen LogP contribution in [0, 0.1) is 0 Å². The number of ether oxygens (including phenoxy) is 1. The quantitative estimate of drug-likeness (QED) is 0.887. The molecular weight excluding hydrogens is 304 g/mol. The lowest BCUT2D eigenvalue weighted by atomic mass is 10.3. The molecule has 22 heavy (non-hydrogen) atoms. The molecule has 0 radical (unpaired) electrons. The van der Waals surface area contributed by atoms with Crippen LogP contribution in [0.15, 0.2) is 48.5 Å². The number of amides is 1. The van der Waals surface area contributed by atoms with Crippen molar-refractivity contribution in [3.8, 4) is 11.5 Å². The number of nitrogens with one attached hydrogen (secondary N) is 2. The summed E-state index contributed by atoms with van der Waals surface area (Å²) in [5.41, 5.74) is 1.01. The lowest BCUT2D eigenvalue weighted by Gasteiger charge is -2.12. The van der Waals surface area contributed by atoms with Crippen LogP contribution in [-0.4, -0.2) is 20.6 Å². The minimum atomic E-state index is -3.39. The lowest BCUT2D eigenvalue weighted by Crippen LogP contribution is -2.10. The van der Waals surface area contributed by atoms with Crippen LogP contribution in [0.1, 0.15) is 6.92 Å². The molecule has 0 saturated carbocycles. The van der Waals surface area contributed by atoms with Gasteiger partial charge >= 0.3 is 0 Å². The highest BCUT2D eigenvalue weighted by atomic mass is 32.2. The summed E-state index contributed by atoms with van der Waals surface area (Å²) in [6.45, 7) is 1.43. The van der Waals surface area contributed by atoms with Crippen molar-refractivity contribution in [2.24, 2.45) is 0 Å². The first-order valence-electron chi connectivity index (χ1n) is 6.46. The van der Waals surface area contributed by atoms with Crippen LogP contribution in [-0.2, 0) is 14.8 Å². The predicted octanol–water partition coefficient (Wildman–Crippen LogP) is 2.81. The van der Waals surface area contributed by atoms with Gasteiger partial charge in [0.15, 0.2) is 5.75 Å². The number of rotatable bonds is 5. The van der Waals surface area contributed by atoms with Crippen molar-refractivity contribution in [1.82, 2.24) is 0 Å². The number of para-hydroxylation sites is 2. The van der Waals surface area contributed by atoms with Gasteiger partial charge < -0.3 is 10.1 Å². The van der Waals surface area contributed by atoms with Crippen molar-refractivity contribution < 1.29 is 17.9 Å². The molecule has 2 rings (SSSR count). The summed E-state index contributed by atoms with van der Waals surface area (Å²) in [6, 6.07) is 13.5. The molecule has 0 aromatic heterocycles. The Morgan fingerprint density at radius 1 is 1.05 bits per heavy atom. The Labute approximate surface area is 129 Å². The first kappa shape index (κ1) is 15.8. The van der Waals surface area contributed by atoms with E-state index in [-0.39, 0.29) is 5.91 Å². The van der Waals surface area contributed by atoms with Crippen LogP contribution in [0.5, 0.6) is 11.5 Å². The molecule has 0 saturated heterocycles. The molecule has 0 bridgehead atoms. The summed E-state index contributed by atoms with van der Waals surface area (Å²) in [4.78, 5) is 11.0. The molecule has 0 atom stereocenters. The Kier molecular flexibility index (Phi) is 4.67. The molecule has 0 spiro atoms. The minimum absolute atomic E-state index is 0.156. The number of carbonyl (C=O) groups is 1. The maximum absolute atomic E-state index is 11.3. The van der Waals surface area contributed by atoms with E-state index >= 15 is 0 Å². The largest absolute Gasteiger partial charge is 0.455 e. The number of hydrogen-bond donors (Lipinski definition) is 2. The molecule has 0 aliphatic heterocycles. The van der Waals surface area contributed by atoms with Gasteiger partial charge in [-0.05, 0) is 36.4 Å². The zero-order valence-electron chi connectivity index (χ0n) is 12.2. The third-order valence-corrected chi connectivity index (χ3v) is 3.18. The monoisotopic (exact) mass is 320 g/mol. The van der Waals surface area contributed by atoms with Crippen molar-refractivity contribution in [3.63, 3.8) is 0 Å². The number of anilines is 2. The van der Waals surface area contributed by atoms with Gasteiger partial charge in [-0.2, -0.15) is 0 Å². The van der Waals surface area contributed by atoms with E-state index in [4.69, 9.17) is 4.74 Å². The van der Waals surface area contributed by atoms with Crippen molar-refractivity contribution in [2.75, 3.05) is 16.3 Å². The Bertz CT molecular complexity index is 770. The van der Waals surface area contributed by atoms with Crippen LogP contribution in [0.2, 0.25) is 0 Å². The average Bonchev–Trinajstić information content (AvgIpc) is 2.41. The SMILES string of the molecule is CC(=O)Nc1ccc(Oc2ccccc2NS(C)(=O)=O)cc1. The Morgan fingerprint density at radius 3 is 2.27 bits per heavy atom. The van der Waals surface area contributed by atoms with Crippen LogP contribution in [0.3, 0.4) is 0 Å². The van der Waals surface area contributed by atoms with E-state index < -0.39 is 10.0 Å². The van der Waals surface area contributed by atoms with E-state index in [1.54, 1.807) is 48.5 Å². The van der Waals surface area contributed by atoms with Gasteiger partial charge in [-0.3, -0.25) is 9.52 Å². The molecule has 2 aromatic rings. The van der Waals surface area contributed by atoms with Gasteiger partial charge in [0.1, 0.15) is 5.75 Å². The number of benzene rings is 2. The van der Waals surface area contributed by atoms with Gasteiger partial charge in [0, 0.05) is 12.6 Å². The van der Waals surface area contributed by atoms with Gasteiger partial charge in [-0.25, -0.2) is 8.42 Å². The molecule has 2 aromatic carbocycles. The number of hydrogen-bond acceptors (Lipinski definition) is 4. The van der Waals surface area contributed by atoms with Gasteiger partial charge in [0.2, 0.25) is 15.9 Å². The summed E-state index contributed by atoms with van der Waals surface area (Å²) < 4.78 is 30.8. The molecule has 0 aliphatic rings. The second-order valence-electron chi connectivity index (χ2n) is 4.68. The first-order valence-corrected chi connectivity index (χ1v) is 8.35. The average molecular weight is 320 g/mol. The fourth-order valence-electron chi connectivity index (χ4n) is 1.78. The Morgan fingerprint density at radius 2 is 1.68 bits per heavy atom. The van der Waals surface area contributed by atoms with Gasteiger partial charge in [-0.15, -0.1) is 0 Å². The maximum Gasteiger partial charge on any atom is 0.229 e. The second kappa shape index (κ2) is 6.48. The molecule has 0 unspecified atom stereocenters. The summed E-state index contributed by atoms with van der Waals surface area (Å²) in [7, 11) is -3.39. The van der Waals surface area contributed by atoms with Crippen LogP contribution < -0.4 is 14.8 Å². The Hall–Kier alpha value is -2.54. The van der Waals surface area contributed by atoms with Crippen molar-refractivity contribution in [3.05, 3.63) is 48.5 Å². The summed E-state index contributed by atoms with van der Waals surface area (Å²) in [5.74, 6) is 0.758. The number of sulfonamides is 1. The van der Waals surface area contributed by atoms with Gasteiger partial charge in [0.25, 0.3) is 0 Å². The van der Waals surface area contributed by atoms with Crippen molar-refractivity contribution >= 4 is 27.3 Å². The lowest BCUT2D eigenvalue weighted by molar-refractivity contribution is -0.114. The third-order valence-electron chi connectivity index (χ3n) is 2.58. The molecule has 0 heterocycles. The van der Waals surface area contributed by atoms with E-state index in [1.165, 1.54) is 6.92 Å². The summed E-state index contributed by atoms with van der Waals surface area (Å²) >= 11 is 0. The fraction of sp³-hybridized carbons (Fsp3) is 0.133. The molecule has 0 aliphatic carbocycles. The minimum Gasteiger partial charge on any atom is -0.455 e. The van der Waals surface area contributed by atoms with E-state index in [2.05, 4.69) is 10.0 Å². The highest BCUT2D eigenvalue weighted by Gasteiger charge is 2.09. The molecule has 7 heteroatoms. The smallest absolute Gasteiger partial charge is 0.229 e. The van der Waals surface area contributed by atoms with Gasteiger partial charge in [0.05, 0.1) is 11.9 Å². The van der Waals surface area contributed by atoms with Crippen molar-refractivity contribution in [2.45, 2.75) is 6.92 Å². The van der Waals surface area contributed by atoms with E-state index in [9.17, 15) is 13.2 Å². The molecule has 116 valence electrons. The zero-order valence-corrected chi connectivity index (χ0v) is 13.0. The topological polar surface area (TPSA) is 84.5 Å². The first-order chi connectivity index (χ1) is 10.3. The van der Waals surface area contributed by atoms with Crippen molar-refractivity contribution in [1.29, 1.82) is 0 Å². The molecule has 6 nitrogen and oxygen atoms in total. The predicted molar refractivity (Wildman–Crippen MR) is 85.7 cm³/mol. The zero-order chi connectivity index (χ0) is 16.2. The second-order valence-corrected chi connectivity index (χ2v) is 6.43. The normalized spacial score (nSPS) is 10.8. The van der Waals surface area contributed by atoms with Crippen LogP contribution >= 0.6 is 0 Å². The number of carbonyl (C=O) groups excluding carboxylic acids is 1. The third kappa shape index (κ3) is 4.78. The molecule has 1 amide bonds. The highest BCUT2D eigenvalue weighted by molar-refractivity contribution is 7.92.